The van der Waals surface area contributed by atoms with Gasteiger partial charge < -0.3 is 5.73 Å². The van der Waals surface area contributed by atoms with Crippen molar-refractivity contribution in [3.8, 4) is 0 Å². The van der Waals surface area contributed by atoms with Crippen molar-refractivity contribution in [2.75, 3.05) is 5.73 Å². The van der Waals surface area contributed by atoms with Gasteiger partial charge in [0.15, 0.2) is 0 Å². The second-order valence-corrected chi connectivity index (χ2v) is 8.08. The summed E-state index contributed by atoms with van der Waals surface area (Å²) in [5.41, 5.74) is 6.42. The lowest BCUT2D eigenvalue weighted by Crippen LogP contribution is -2.51. The molecule has 4 nitrogen and oxygen atoms in total. The summed E-state index contributed by atoms with van der Waals surface area (Å²) in [5.74, 6) is 5.59. The number of nitrogen functional groups attached to an aromatic ring is 1. The summed E-state index contributed by atoms with van der Waals surface area (Å²) in [7, 11) is 0. The second-order valence-electron chi connectivity index (χ2n) is 8.08. The fourth-order valence-corrected chi connectivity index (χ4v) is 6.52. The van der Waals surface area contributed by atoms with Crippen molar-refractivity contribution in [2.24, 2.45) is 29.1 Å². The molecule has 0 aromatic carbocycles. The zero-order valence-electron chi connectivity index (χ0n) is 12.1. The molecule has 1 atom stereocenters. The maximum Gasteiger partial charge on any atom is 0.239 e. The molecule has 0 saturated heterocycles. The van der Waals surface area contributed by atoms with Gasteiger partial charge in [-0.05, 0) is 74.0 Å². The van der Waals surface area contributed by atoms with Crippen molar-refractivity contribution in [3.63, 3.8) is 0 Å². The molecule has 4 heteroatoms. The Balaban J connectivity index is 1.46. The average Bonchev–Trinajstić information content (AvgIpc) is 2.76. The van der Waals surface area contributed by atoms with Crippen molar-refractivity contribution in [2.45, 2.75) is 57.9 Å². The number of nitrogens with two attached hydrogens (primary N) is 1. The van der Waals surface area contributed by atoms with E-state index in [9.17, 15) is 0 Å². The highest BCUT2D eigenvalue weighted by Gasteiger charge is 2.54. The third kappa shape index (κ3) is 1.54. The Hall–Kier alpha value is -1.06. The zero-order chi connectivity index (χ0) is 13.3. The lowest BCUT2D eigenvalue weighted by atomic mass is 9.45. The number of aryl methyl sites for hydroxylation is 1. The summed E-state index contributed by atoms with van der Waals surface area (Å²) in [4.78, 5) is 4.46. The van der Waals surface area contributed by atoms with Crippen LogP contribution < -0.4 is 5.73 Å². The third-order valence-electron chi connectivity index (χ3n) is 6.83. The number of fused-ring (bicyclic) bond motifs is 1. The molecular weight excluding hydrogens is 248 g/mol. The number of anilines is 1. The normalized spacial score (nSPS) is 45.6. The Labute approximate surface area is 120 Å². The first-order valence-corrected chi connectivity index (χ1v) is 8.39. The molecule has 4 fully saturated rings. The quantitative estimate of drug-likeness (QED) is 0.855. The topological polar surface area (TPSA) is 56.7 Å². The minimum atomic E-state index is 0.464. The number of nitrogens with zero attached hydrogens (tertiary/aromatic N) is 3. The highest BCUT2D eigenvalue weighted by Crippen LogP contribution is 2.63. The minimum Gasteiger partial charge on any atom is -0.366 e. The molecule has 6 rings (SSSR count). The molecule has 0 radical (unpaired) electrons. The average molecular weight is 272 g/mol. The molecule has 1 aromatic heterocycles. The first-order chi connectivity index (χ1) is 9.70. The number of aromatic nitrogens is 3. The van der Waals surface area contributed by atoms with E-state index in [0.717, 1.165) is 42.5 Å². The highest BCUT2D eigenvalue weighted by atomic mass is 15.4. The molecule has 1 aliphatic heterocycles. The molecule has 2 heterocycles. The molecule has 20 heavy (non-hydrogen) atoms. The summed E-state index contributed by atoms with van der Waals surface area (Å²) < 4.78 is 2.05. The number of hydrogen-bond donors (Lipinski definition) is 1. The van der Waals surface area contributed by atoms with Gasteiger partial charge in [0.2, 0.25) is 5.95 Å². The van der Waals surface area contributed by atoms with E-state index in [1.54, 1.807) is 0 Å². The zero-order valence-corrected chi connectivity index (χ0v) is 12.1. The van der Waals surface area contributed by atoms with Crippen molar-refractivity contribution in [1.29, 1.82) is 0 Å². The van der Waals surface area contributed by atoms with E-state index < -0.39 is 0 Å². The molecule has 2 N–H and O–H groups in total. The van der Waals surface area contributed by atoms with Gasteiger partial charge in [-0.1, -0.05) is 0 Å². The van der Waals surface area contributed by atoms with Gasteiger partial charge in [-0.25, -0.2) is 4.68 Å². The maximum absolute atomic E-state index is 5.77. The lowest BCUT2D eigenvalue weighted by Gasteiger charge is -2.60. The van der Waals surface area contributed by atoms with Crippen molar-refractivity contribution in [3.05, 3.63) is 5.82 Å². The standard InChI is InChI=1S/C16H24N4/c17-15-18-14-6-13(1-2-20(14)19-15)16-7-10-3-11(8-16)5-12(4-10)9-16/h10-13H,1-9H2,(H2,17,19). The van der Waals surface area contributed by atoms with Crippen LogP contribution in [-0.4, -0.2) is 14.8 Å². The molecule has 4 saturated carbocycles. The lowest BCUT2D eigenvalue weighted by molar-refractivity contribution is -0.0928. The van der Waals surface area contributed by atoms with Crippen LogP contribution in [0.2, 0.25) is 0 Å². The van der Waals surface area contributed by atoms with Gasteiger partial charge in [-0.3, -0.25) is 0 Å². The van der Waals surface area contributed by atoms with Crippen LogP contribution in [0.15, 0.2) is 0 Å². The molecule has 4 bridgehead atoms. The Morgan fingerprint density at radius 3 is 2.35 bits per heavy atom. The summed E-state index contributed by atoms with van der Waals surface area (Å²) in [5, 5.41) is 4.32. The van der Waals surface area contributed by atoms with E-state index >= 15 is 0 Å². The number of rotatable bonds is 1. The van der Waals surface area contributed by atoms with Crippen LogP contribution in [0.3, 0.4) is 0 Å². The predicted octanol–water partition coefficient (Wildman–Crippen LogP) is 2.64. The Kier molecular flexibility index (Phi) is 2.19. The van der Waals surface area contributed by atoms with E-state index in [2.05, 4.69) is 10.1 Å². The van der Waals surface area contributed by atoms with Crippen molar-refractivity contribution < 1.29 is 0 Å². The molecule has 0 amide bonds. The van der Waals surface area contributed by atoms with Gasteiger partial charge >= 0.3 is 0 Å². The van der Waals surface area contributed by atoms with E-state index in [1.807, 2.05) is 4.68 Å². The Bertz CT molecular complexity index is 511. The molecule has 1 aromatic rings. The SMILES string of the molecule is Nc1nc2n(n1)CCC(C13CC4CC(CC(C4)C1)C3)C2. The van der Waals surface area contributed by atoms with Crippen LogP contribution in [0.4, 0.5) is 5.95 Å². The van der Waals surface area contributed by atoms with Gasteiger partial charge in [-0.2, -0.15) is 4.98 Å². The smallest absolute Gasteiger partial charge is 0.239 e. The number of hydrogen-bond acceptors (Lipinski definition) is 3. The van der Waals surface area contributed by atoms with Crippen LogP contribution in [0.25, 0.3) is 0 Å². The molecule has 0 spiro atoms. The van der Waals surface area contributed by atoms with E-state index in [1.165, 1.54) is 44.9 Å². The molecule has 108 valence electrons. The minimum absolute atomic E-state index is 0.464. The van der Waals surface area contributed by atoms with Crippen molar-refractivity contribution in [1.82, 2.24) is 14.8 Å². The Morgan fingerprint density at radius 2 is 1.70 bits per heavy atom. The van der Waals surface area contributed by atoms with Gasteiger partial charge in [0.1, 0.15) is 5.82 Å². The van der Waals surface area contributed by atoms with Crippen LogP contribution in [-0.2, 0) is 13.0 Å². The summed E-state index contributed by atoms with van der Waals surface area (Å²) in [6.07, 6.45) is 11.5. The van der Waals surface area contributed by atoms with Crippen LogP contribution in [0.1, 0.15) is 50.8 Å². The Morgan fingerprint density at radius 1 is 1.05 bits per heavy atom. The van der Waals surface area contributed by atoms with Gasteiger partial charge in [0, 0.05) is 13.0 Å². The largest absolute Gasteiger partial charge is 0.366 e. The molecule has 1 unspecified atom stereocenters. The fraction of sp³-hybridized carbons (Fsp3) is 0.875. The summed E-state index contributed by atoms with van der Waals surface area (Å²) in [6, 6.07) is 0. The predicted molar refractivity (Wildman–Crippen MR) is 76.9 cm³/mol. The van der Waals surface area contributed by atoms with Gasteiger partial charge in [0.25, 0.3) is 0 Å². The van der Waals surface area contributed by atoms with E-state index in [-0.39, 0.29) is 0 Å². The first-order valence-electron chi connectivity index (χ1n) is 8.39. The molecule has 4 aliphatic carbocycles. The van der Waals surface area contributed by atoms with E-state index in [4.69, 9.17) is 5.73 Å². The molecule has 5 aliphatic rings. The van der Waals surface area contributed by atoms with Crippen molar-refractivity contribution >= 4 is 5.95 Å². The highest BCUT2D eigenvalue weighted by molar-refractivity contribution is 5.16. The van der Waals surface area contributed by atoms with Gasteiger partial charge in [-0.15, -0.1) is 5.10 Å². The van der Waals surface area contributed by atoms with Crippen LogP contribution >= 0.6 is 0 Å². The van der Waals surface area contributed by atoms with Crippen LogP contribution in [0.5, 0.6) is 0 Å². The summed E-state index contributed by atoms with van der Waals surface area (Å²) >= 11 is 0. The first kappa shape index (κ1) is 11.6. The maximum atomic E-state index is 5.77. The monoisotopic (exact) mass is 272 g/mol. The molecular formula is C16H24N4. The summed E-state index contributed by atoms with van der Waals surface area (Å²) in [6.45, 7) is 1.03. The van der Waals surface area contributed by atoms with Gasteiger partial charge in [0.05, 0.1) is 0 Å². The van der Waals surface area contributed by atoms with Crippen LogP contribution in [0, 0.1) is 29.1 Å². The third-order valence-corrected chi connectivity index (χ3v) is 6.83. The fourth-order valence-electron chi connectivity index (χ4n) is 6.52. The van der Waals surface area contributed by atoms with E-state index in [0.29, 0.717) is 11.4 Å². The second kappa shape index (κ2) is 3.77.